The van der Waals surface area contributed by atoms with Crippen LogP contribution in [0.4, 0.5) is 0 Å². The number of carbonyl (C=O) groups is 2. The first kappa shape index (κ1) is 13.2. The average Bonchev–Trinajstić information content (AvgIpc) is 2.35. The summed E-state index contributed by atoms with van der Waals surface area (Å²) in [5.41, 5.74) is 1.46. The Morgan fingerprint density at radius 1 is 1.35 bits per heavy atom. The normalized spacial score (nSPS) is 11.7. The summed E-state index contributed by atoms with van der Waals surface area (Å²) in [6, 6.07) is 5.85. The Labute approximate surface area is 99.4 Å². The molecule has 1 amide bonds. The van der Waals surface area contributed by atoms with Gasteiger partial charge in [0, 0.05) is 5.56 Å². The molecule has 0 spiro atoms. The molecule has 2 N–H and O–H groups in total. The van der Waals surface area contributed by atoms with Crippen molar-refractivity contribution in [1.29, 1.82) is 0 Å². The quantitative estimate of drug-likeness (QED) is 0.736. The summed E-state index contributed by atoms with van der Waals surface area (Å²) in [5.74, 6) is -1.09. The van der Waals surface area contributed by atoms with Crippen LogP contribution in [0.3, 0.4) is 0 Å². The van der Waals surface area contributed by atoms with Crippen molar-refractivity contribution in [3.05, 3.63) is 35.4 Å². The number of aliphatic hydroxyl groups is 1. The highest BCUT2D eigenvalue weighted by Crippen LogP contribution is 2.03. The number of amides is 1. The molecule has 0 radical (unpaired) electrons. The van der Waals surface area contributed by atoms with Crippen molar-refractivity contribution in [3.63, 3.8) is 0 Å². The van der Waals surface area contributed by atoms with E-state index in [-0.39, 0.29) is 0 Å². The third-order valence-corrected chi connectivity index (χ3v) is 2.29. The van der Waals surface area contributed by atoms with E-state index in [1.165, 1.54) is 7.11 Å². The highest BCUT2D eigenvalue weighted by molar-refractivity contribution is 5.96. The second-order valence-corrected chi connectivity index (χ2v) is 3.60. The summed E-state index contributed by atoms with van der Waals surface area (Å²) in [6.45, 7) is 1.41. The average molecular weight is 237 g/mol. The summed E-state index contributed by atoms with van der Waals surface area (Å²) in [5, 5.41) is 11.3. The van der Waals surface area contributed by atoms with Crippen LogP contribution in [0, 0.1) is 6.92 Å². The van der Waals surface area contributed by atoms with Gasteiger partial charge in [-0.2, -0.15) is 0 Å². The van der Waals surface area contributed by atoms with Crippen LogP contribution in [0.25, 0.3) is 0 Å². The van der Waals surface area contributed by atoms with Gasteiger partial charge in [0.25, 0.3) is 5.91 Å². The van der Waals surface area contributed by atoms with E-state index in [2.05, 4.69) is 10.1 Å². The molecule has 5 nitrogen and oxygen atoms in total. The van der Waals surface area contributed by atoms with Crippen LogP contribution in [0.5, 0.6) is 0 Å². The molecule has 0 bridgehead atoms. The summed E-state index contributed by atoms with van der Waals surface area (Å²) in [6.07, 6.45) is 0. The smallest absolute Gasteiger partial charge is 0.330 e. The van der Waals surface area contributed by atoms with Gasteiger partial charge in [0.1, 0.15) is 0 Å². The molecule has 1 atom stereocenters. The number of carbonyl (C=O) groups excluding carboxylic acids is 2. The van der Waals surface area contributed by atoms with Crippen molar-refractivity contribution in [3.8, 4) is 0 Å². The maximum absolute atomic E-state index is 11.7. The number of benzene rings is 1. The third kappa shape index (κ3) is 3.57. The summed E-state index contributed by atoms with van der Waals surface area (Å²) in [4.78, 5) is 22.9. The number of ether oxygens (including phenoxy) is 1. The number of methoxy groups -OCH3 is 1. The third-order valence-electron chi connectivity index (χ3n) is 2.29. The van der Waals surface area contributed by atoms with Gasteiger partial charge in [0.05, 0.1) is 13.7 Å². The van der Waals surface area contributed by atoms with Gasteiger partial charge < -0.3 is 15.2 Å². The van der Waals surface area contributed by atoms with Crippen molar-refractivity contribution >= 4 is 11.9 Å². The second kappa shape index (κ2) is 6.00. The molecule has 0 fully saturated rings. The molecule has 0 aliphatic rings. The maximum atomic E-state index is 11.7. The lowest BCUT2D eigenvalue weighted by Crippen LogP contribution is -2.44. The van der Waals surface area contributed by atoms with Gasteiger partial charge in [-0.25, -0.2) is 4.79 Å². The Kier molecular flexibility index (Phi) is 4.66. The van der Waals surface area contributed by atoms with Gasteiger partial charge >= 0.3 is 5.97 Å². The van der Waals surface area contributed by atoms with E-state index in [9.17, 15) is 9.59 Å². The number of aliphatic hydroxyl groups excluding tert-OH is 1. The van der Waals surface area contributed by atoms with Crippen LogP contribution in [-0.2, 0) is 9.53 Å². The van der Waals surface area contributed by atoms with Gasteiger partial charge in [-0.3, -0.25) is 4.79 Å². The van der Waals surface area contributed by atoms with Crippen LogP contribution in [0.1, 0.15) is 15.9 Å². The van der Waals surface area contributed by atoms with Crippen LogP contribution in [-0.4, -0.2) is 36.7 Å². The van der Waals surface area contributed by atoms with E-state index < -0.39 is 24.5 Å². The zero-order chi connectivity index (χ0) is 12.8. The van der Waals surface area contributed by atoms with Crippen molar-refractivity contribution in [2.75, 3.05) is 13.7 Å². The van der Waals surface area contributed by atoms with Crippen molar-refractivity contribution in [2.24, 2.45) is 0 Å². The predicted molar refractivity (Wildman–Crippen MR) is 61.5 cm³/mol. The fourth-order valence-corrected chi connectivity index (χ4v) is 1.27. The zero-order valence-corrected chi connectivity index (χ0v) is 9.77. The fourth-order valence-electron chi connectivity index (χ4n) is 1.27. The first-order valence-corrected chi connectivity index (χ1v) is 5.14. The molecule has 0 saturated heterocycles. The van der Waals surface area contributed by atoms with Crippen LogP contribution in [0.15, 0.2) is 24.3 Å². The maximum Gasteiger partial charge on any atom is 0.330 e. The number of rotatable bonds is 4. The SMILES string of the molecule is COC(=O)[C@@H](CO)NC(=O)c1ccc(C)cc1. The molecule has 17 heavy (non-hydrogen) atoms. The van der Waals surface area contributed by atoms with Crippen LogP contribution < -0.4 is 5.32 Å². The largest absolute Gasteiger partial charge is 0.467 e. The minimum absolute atomic E-state index is 0.422. The Morgan fingerprint density at radius 3 is 2.41 bits per heavy atom. The van der Waals surface area contributed by atoms with E-state index >= 15 is 0 Å². The molecular weight excluding hydrogens is 222 g/mol. The summed E-state index contributed by atoms with van der Waals surface area (Å²) >= 11 is 0. The van der Waals surface area contributed by atoms with Crippen molar-refractivity contribution in [2.45, 2.75) is 13.0 Å². The first-order chi connectivity index (χ1) is 8.08. The molecule has 0 aromatic heterocycles. The van der Waals surface area contributed by atoms with Crippen LogP contribution >= 0.6 is 0 Å². The fraction of sp³-hybridized carbons (Fsp3) is 0.333. The van der Waals surface area contributed by atoms with Gasteiger partial charge in [-0.05, 0) is 19.1 Å². The molecule has 0 saturated carbocycles. The highest BCUT2D eigenvalue weighted by Gasteiger charge is 2.20. The number of nitrogens with one attached hydrogen (secondary N) is 1. The van der Waals surface area contributed by atoms with E-state index in [1.807, 2.05) is 6.92 Å². The first-order valence-electron chi connectivity index (χ1n) is 5.14. The molecule has 0 aliphatic carbocycles. The highest BCUT2D eigenvalue weighted by atomic mass is 16.5. The van der Waals surface area contributed by atoms with Gasteiger partial charge in [0.15, 0.2) is 6.04 Å². The Balaban J connectivity index is 2.71. The molecule has 1 rings (SSSR count). The van der Waals surface area contributed by atoms with E-state index in [1.54, 1.807) is 24.3 Å². The monoisotopic (exact) mass is 237 g/mol. The Hall–Kier alpha value is -1.88. The topological polar surface area (TPSA) is 75.6 Å². The van der Waals surface area contributed by atoms with Gasteiger partial charge in [-0.1, -0.05) is 17.7 Å². The molecule has 0 aliphatic heterocycles. The molecule has 0 unspecified atom stereocenters. The molecule has 1 aromatic carbocycles. The Bertz CT molecular complexity index is 399. The standard InChI is InChI=1S/C12H15NO4/c1-8-3-5-9(6-4-8)11(15)13-10(7-14)12(16)17-2/h3-6,10,14H,7H2,1-2H3,(H,13,15)/t10-/m1/s1. The molecule has 0 heterocycles. The van der Waals surface area contributed by atoms with Gasteiger partial charge in [-0.15, -0.1) is 0 Å². The van der Waals surface area contributed by atoms with Crippen molar-refractivity contribution < 1.29 is 19.4 Å². The van der Waals surface area contributed by atoms with Crippen LogP contribution in [0.2, 0.25) is 0 Å². The van der Waals surface area contributed by atoms with Gasteiger partial charge in [0.2, 0.25) is 0 Å². The molecular formula is C12H15NO4. The summed E-state index contributed by atoms with van der Waals surface area (Å²) < 4.78 is 4.45. The number of aryl methyl sites for hydroxylation is 1. The van der Waals surface area contributed by atoms with E-state index in [0.717, 1.165) is 5.56 Å². The molecule has 5 heteroatoms. The minimum Gasteiger partial charge on any atom is -0.467 e. The molecule has 1 aromatic rings. The minimum atomic E-state index is -1.03. The van der Waals surface area contributed by atoms with E-state index in [4.69, 9.17) is 5.11 Å². The summed E-state index contributed by atoms with van der Waals surface area (Å²) in [7, 11) is 1.20. The zero-order valence-electron chi connectivity index (χ0n) is 9.77. The lowest BCUT2D eigenvalue weighted by atomic mass is 10.1. The number of hydrogen-bond donors (Lipinski definition) is 2. The number of hydrogen-bond acceptors (Lipinski definition) is 4. The number of esters is 1. The lowest BCUT2D eigenvalue weighted by Gasteiger charge is -2.13. The van der Waals surface area contributed by atoms with E-state index in [0.29, 0.717) is 5.56 Å². The molecule has 92 valence electrons. The second-order valence-electron chi connectivity index (χ2n) is 3.60. The predicted octanol–water partition coefficient (Wildman–Crippen LogP) is 0.259. The van der Waals surface area contributed by atoms with Crippen molar-refractivity contribution in [1.82, 2.24) is 5.32 Å². The lowest BCUT2D eigenvalue weighted by molar-refractivity contribution is -0.143. The Morgan fingerprint density at radius 2 is 1.94 bits per heavy atom.